The highest BCUT2D eigenvalue weighted by Crippen LogP contribution is 2.46. The Hall–Kier alpha value is -1.36. The van der Waals surface area contributed by atoms with Crippen LogP contribution in [-0.4, -0.2) is 36.2 Å². The van der Waals surface area contributed by atoms with Crippen LogP contribution in [0, 0.1) is 5.41 Å². The minimum absolute atomic E-state index is 0.0357. The zero-order valence-corrected chi connectivity index (χ0v) is 15.4. The molecule has 4 rings (SSSR count). The molecule has 1 saturated carbocycles. The molecule has 0 unspecified atom stereocenters. The van der Waals surface area contributed by atoms with Crippen LogP contribution < -0.4 is 5.43 Å². The maximum atomic E-state index is 12.4. The van der Waals surface area contributed by atoms with Gasteiger partial charge in [-0.3, -0.25) is 9.69 Å². The zero-order valence-electron chi connectivity index (χ0n) is 14.7. The van der Waals surface area contributed by atoms with Crippen LogP contribution in [0.2, 0.25) is 5.02 Å². The smallest absolute Gasteiger partial charge is 0.189 e. The molecule has 5 heteroatoms. The molecule has 2 atom stereocenters. The molecule has 1 aliphatic heterocycles. The first-order chi connectivity index (χ1) is 12.1. The number of para-hydroxylation sites is 1. The lowest BCUT2D eigenvalue weighted by molar-refractivity contribution is -0.0368. The molecule has 4 nitrogen and oxygen atoms in total. The van der Waals surface area contributed by atoms with E-state index in [4.69, 9.17) is 16.3 Å². The second-order valence-corrected chi connectivity index (χ2v) is 8.02. The zero-order chi connectivity index (χ0) is 17.4. The quantitative estimate of drug-likeness (QED) is 0.901. The molecule has 1 saturated heterocycles. The highest BCUT2D eigenvalue weighted by atomic mass is 35.5. The predicted octanol–water partition coefficient (Wildman–Crippen LogP) is 3.96. The Morgan fingerprint density at radius 3 is 3.04 bits per heavy atom. The van der Waals surface area contributed by atoms with Gasteiger partial charge in [0.05, 0.1) is 16.6 Å². The predicted molar refractivity (Wildman–Crippen MR) is 101 cm³/mol. The van der Waals surface area contributed by atoms with Gasteiger partial charge in [-0.2, -0.15) is 0 Å². The summed E-state index contributed by atoms with van der Waals surface area (Å²) in [4.78, 5) is 18.3. The summed E-state index contributed by atoms with van der Waals surface area (Å²) in [5, 5.41) is 1.25. The number of piperidine rings is 1. The lowest BCUT2D eigenvalue weighted by Crippen LogP contribution is -2.47. The molecule has 134 valence electrons. The number of H-pyrrole nitrogens is 1. The van der Waals surface area contributed by atoms with Gasteiger partial charge < -0.3 is 9.72 Å². The number of nitrogens with one attached hydrogen (secondary N) is 1. The molecule has 0 amide bonds. The molecule has 1 aliphatic carbocycles. The summed E-state index contributed by atoms with van der Waals surface area (Å²) in [6.07, 6.45) is 6.50. The number of aromatic amines is 1. The molecule has 2 fully saturated rings. The van der Waals surface area contributed by atoms with Crippen LogP contribution in [0.1, 0.15) is 37.8 Å². The highest BCUT2D eigenvalue weighted by molar-refractivity contribution is 6.35. The average Bonchev–Trinajstić information content (AvgIpc) is 2.98. The number of nitrogens with zero attached hydrogens (tertiary/aromatic N) is 1. The summed E-state index contributed by atoms with van der Waals surface area (Å²) in [5.41, 5.74) is 2.01. The van der Waals surface area contributed by atoms with Crippen molar-refractivity contribution < 1.29 is 4.74 Å². The van der Waals surface area contributed by atoms with E-state index >= 15 is 0 Å². The summed E-state index contributed by atoms with van der Waals surface area (Å²) in [7, 11) is 1.85. The van der Waals surface area contributed by atoms with Gasteiger partial charge >= 0.3 is 0 Å². The van der Waals surface area contributed by atoms with Crippen LogP contribution >= 0.6 is 11.6 Å². The van der Waals surface area contributed by atoms with E-state index in [0.717, 1.165) is 30.8 Å². The second kappa shape index (κ2) is 6.75. The fourth-order valence-corrected chi connectivity index (χ4v) is 5.17. The first-order valence-electron chi connectivity index (χ1n) is 9.17. The molecular formula is C20H25ClN2O2. The van der Waals surface area contributed by atoms with E-state index in [-0.39, 0.29) is 5.43 Å². The molecule has 0 bridgehead atoms. The molecule has 1 N–H and O–H groups in total. The Balaban J connectivity index is 1.59. The number of pyridine rings is 1. The van der Waals surface area contributed by atoms with Gasteiger partial charge in [-0.25, -0.2) is 0 Å². The second-order valence-electron chi connectivity index (χ2n) is 7.61. The SMILES string of the molecule is CO[C@@H]1CCC[C@]12CCCN(Cc1cc(=O)c3cccc(Cl)c3[nH]1)C2. The van der Waals surface area contributed by atoms with Gasteiger partial charge in [-0.05, 0) is 44.4 Å². The third-order valence-electron chi connectivity index (χ3n) is 6.06. The summed E-state index contributed by atoms with van der Waals surface area (Å²) in [6, 6.07) is 7.18. The molecule has 1 aromatic heterocycles. The fourth-order valence-electron chi connectivity index (χ4n) is 4.95. The van der Waals surface area contributed by atoms with E-state index in [1.54, 1.807) is 6.07 Å². The Bertz CT molecular complexity index is 834. The standard InChI is InChI=1S/C20H25ClN2O2/c1-25-18-7-3-8-20(18)9-4-10-23(13-20)12-14-11-17(24)15-5-2-6-16(21)19(15)22-14/h2,5-6,11,18H,3-4,7-10,12-13H2,1H3,(H,22,24)/t18-,20-/m1/s1. The van der Waals surface area contributed by atoms with Crippen molar-refractivity contribution in [3.63, 3.8) is 0 Å². The molecule has 25 heavy (non-hydrogen) atoms. The van der Waals surface area contributed by atoms with Crippen molar-refractivity contribution in [3.8, 4) is 0 Å². The van der Waals surface area contributed by atoms with Gasteiger partial charge in [0.15, 0.2) is 5.43 Å². The van der Waals surface area contributed by atoms with E-state index < -0.39 is 0 Å². The lowest BCUT2D eigenvalue weighted by atomic mass is 9.76. The minimum Gasteiger partial charge on any atom is -0.381 e. The van der Waals surface area contributed by atoms with Gasteiger partial charge in [0, 0.05) is 42.8 Å². The number of hydrogen-bond acceptors (Lipinski definition) is 3. The number of fused-ring (bicyclic) bond motifs is 1. The van der Waals surface area contributed by atoms with E-state index in [1.807, 2.05) is 25.3 Å². The maximum absolute atomic E-state index is 12.4. The first kappa shape index (κ1) is 17.1. The molecule has 2 heterocycles. The average molecular weight is 361 g/mol. The molecule has 2 aromatic rings. The molecule has 2 aliphatic rings. The van der Waals surface area contributed by atoms with Crippen molar-refractivity contribution in [2.75, 3.05) is 20.2 Å². The van der Waals surface area contributed by atoms with Crippen LogP contribution in [0.15, 0.2) is 29.1 Å². The van der Waals surface area contributed by atoms with Gasteiger partial charge in [0.1, 0.15) is 0 Å². The summed E-state index contributed by atoms with van der Waals surface area (Å²) < 4.78 is 5.79. The molecular weight excluding hydrogens is 336 g/mol. The number of ether oxygens (including phenoxy) is 1. The van der Waals surface area contributed by atoms with E-state index in [0.29, 0.717) is 21.9 Å². The van der Waals surface area contributed by atoms with Gasteiger partial charge in [0.2, 0.25) is 0 Å². The van der Waals surface area contributed by atoms with E-state index in [9.17, 15) is 4.79 Å². The van der Waals surface area contributed by atoms with Crippen molar-refractivity contribution in [2.45, 2.75) is 44.8 Å². The van der Waals surface area contributed by atoms with Crippen molar-refractivity contribution in [3.05, 3.63) is 45.2 Å². The van der Waals surface area contributed by atoms with E-state index in [2.05, 4.69) is 9.88 Å². The minimum atomic E-state index is 0.0357. The number of rotatable bonds is 3. The molecule has 1 spiro atoms. The van der Waals surface area contributed by atoms with Gasteiger partial charge in [-0.1, -0.05) is 24.1 Å². The monoisotopic (exact) mass is 360 g/mol. The largest absolute Gasteiger partial charge is 0.381 e. The number of hydrogen-bond donors (Lipinski definition) is 1. The van der Waals surface area contributed by atoms with Crippen LogP contribution in [-0.2, 0) is 11.3 Å². The summed E-state index contributed by atoms with van der Waals surface area (Å²) >= 11 is 6.28. The summed E-state index contributed by atoms with van der Waals surface area (Å²) in [5.74, 6) is 0. The third-order valence-corrected chi connectivity index (χ3v) is 6.37. The Labute approximate surface area is 153 Å². The van der Waals surface area contributed by atoms with Crippen molar-refractivity contribution in [1.29, 1.82) is 0 Å². The van der Waals surface area contributed by atoms with Crippen LogP contribution in [0.4, 0.5) is 0 Å². The maximum Gasteiger partial charge on any atom is 0.189 e. The first-order valence-corrected chi connectivity index (χ1v) is 9.55. The topological polar surface area (TPSA) is 45.3 Å². The number of benzene rings is 1. The van der Waals surface area contributed by atoms with Crippen LogP contribution in [0.25, 0.3) is 10.9 Å². The molecule has 0 radical (unpaired) electrons. The summed E-state index contributed by atoms with van der Waals surface area (Å²) in [6.45, 7) is 2.88. The number of halogens is 1. The number of likely N-dealkylation sites (tertiary alicyclic amines) is 1. The number of aromatic nitrogens is 1. The Kier molecular flexibility index (Phi) is 4.61. The lowest BCUT2D eigenvalue weighted by Gasteiger charge is -2.43. The Morgan fingerprint density at radius 2 is 2.20 bits per heavy atom. The fraction of sp³-hybridized carbons (Fsp3) is 0.550. The highest BCUT2D eigenvalue weighted by Gasteiger charge is 2.45. The normalized spacial score (nSPS) is 27.4. The third kappa shape index (κ3) is 3.12. The van der Waals surface area contributed by atoms with E-state index in [1.165, 1.54) is 32.1 Å². The van der Waals surface area contributed by atoms with Gasteiger partial charge in [0.25, 0.3) is 0 Å². The van der Waals surface area contributed by atoms with Crippen molar-refractivity contribution in [2.24, 2.45) is 5.41 Å². The van der Waals surface area contributed by atoms with Crippen LogP contribution in [0.3, 0.4) is 0 Å². The van der Waals surface area contributed by atoms with Crippen molar-refractivity contribution in [1.82, 2.24) is 9.88 Å². The number of methoxy groups -OCH3 is 1. The van der Waals surface area contributed by atoms with Crippen molar-refractivity contribution >= 4 is 22.5 Å². The molecule has 1 aromatic carbocycles. The Morgan fingerprint density at radius 1 is 1.36 bits per heavy atom. The van der Waals surface area contributed by atoms with Crippen LogP contribution in [0.5, 0.6) is 0 Å². The van der Waals surface area contributed by atoms with Gasteiger partial charge in [-0.15, -0.1) is 0 Å².